The van der Waals surface area contributed by atoms with Gasteiger partial charge in [-0.25, -0.2) is 4.98 Å². The van der Waals surface area contributed by atoms with Crippen LogP contribution in [0.1, 0.15) is 12.7 Å². The molecule has 0 saturated carbocycles. The lowest BCUT2D eigenvalue weighted by Crippen LogP contribution is -2.47. The molecule has 2 atom stereocenters. The summed E-state index contributed by atoms with van der Waals surface area (Å²) in [6.07, 6.45) is 3.76. The molecule has 6 nitrogen and oxygen atoms in total. The zero-order chi connectivity index (χ0) is 13.2. The third-order valence-corrected chi connectivity index (χ3v) is 3.92. The fraction of sp³-hybridized carbons (Fsp3) is 0.692. The molecule has 2 unspecified atom stereocenters. The third kappa shape index (κ3) is 2.37. The van der Waals surface area contributed by atoms with Crippen molar-refractivity contribution < 1.29 is 9.53 Å². The van der Waals surface area contributed by atoms with Crippen LogP contribution in [0, 0.1) is 5.92 Å². The van der Waals surface area contributed by atoms with Gasteiger partial charge < -0.3 is 19.5 Å². The number of hydrogen-bond donors (Lipinski definition) is 1. The van der Waals surface area contributed by atoms with Gasteiger partial charge in [-0.05, 0) is 6.54 Å². The highest BCUT2D eigenvalue weighted by molar-refractivity contribution is 5.80. The highest BCUT2D eigenvalue weighted by Crippen LogP contribution is 2.20. The number of carbonyl (C=O) groups is 1. The molecular weight excluding hydrogens is 244 g/mol. The van der Waals surface area contributed by atoms with Crippen LogP contribution in [0.4, 0.5) is 0 Å². The fourth-order valence-corrected chi connectivity index (χ4v) is 2.86. The van der Waals surface area contributed by atoms with E-state index in [2.05, 4.69) is 21.8 Å². The van der Waals surface area contributed by atoms with Crippen LogP contribution < -0.4 is 5.32 Å². The topological polar surface area (TPSA) is 59.4 Å². The van der Waals surface area contributed by atoms with Crippen LogP contribution in [0.2, 0.25) is 0 Å². The Morgan fingerprint density at radius 3 is 3.26 bits per heavy atom. The maximum atomic E-state index is 12.6. The van der Waals surface area contributed by atoms with Crippen molar-refractivity contribution in [2.24, 2.45) is 5.92 Å². The molecule has 2 aliphatic heterocycles. The van der Waals surface area contributed by atoms with Gasteiger partial charge in [-0.3, -0.25) is 4.79 Å². The summed E-state index contributed by atoms with van der Waals surface area (Å²) in [7, 11) is 0. The second kappa shape index (κ2) is 5.30. The first kappa shape index (κ1) is 12.6. The maximum Gasteiger partial charge on any atom is 0.230 e. The fourth-order valence-electron chi connectivity index (χ4n) is 2.86. The standard InChI is InChI=1S/C13H20N4O2/c1-2-14-11-9-19-8-10(11)13(18)17-6-5-16-4-3-15-12(16)7-17/h3-4,10-11,14H,2,5-9H2,1H3. The number of ether oxygens (including phenoxy) is 1. The average molecular weight is 264 g/mol. The number of rotatable bonds is 3. The molecule has 19 heavy (non-hydrogen) atoms. The first-order valence-electron chi connectivity index (χ1n) is 6.89. The van der Waals surface area contributed by atoms with Gasteiger partial charge in [0.05, 0.1) is 25.7 Å². The summed E-state index contributed by atoms with van der Waals surface area (Å²) in [4.78, 5) is 18.8. The van der Waals surface area contributed by atoms with Crippen LogP contribution >= 0.6 is 0 Å². The highest BCUT2D eigenvalue weighted by atomic mass is 16.5. The van der Waals surface area contributed by atoms with Crippen LogP contribution in [0.5, 0.6) is 0 Å². The Balaban J connectivity index is 1.68. The summed E-state index contributed by atoms with van der Waals surface area (Å²) >= 11 is 0. The number of amides is 1. The van der Waals surface area contributed by atoms with Gasteiger partial charge in [-0.1, -0.05) is 6.92 Å². The summed E-state index contributed by atoms with van der Waals surface area (Å²) in [5.41, 5.74) is 0. The molecule has 0 aliphatic carbocycles. The van der Waals surface area contributed by atoms with E-state index < -0.39 is 0 Å². The molecule has 1 N–H and O–H groups in total. The third-order valence-electron chi connectivity index (χ3n) is 3.92. The Bertz CT molecular complexity index is 459. The Labute approximate surface area is 112 Å². The number of likely N-dealkylation sites (N-methyl/N-ethyl adjacent to an activating group) is 1. The van der Waals surface area contributed by atoms with E-state index >= 15 is 0 Å². The highest BCUT2D eigenvalue weighted by Gasteiger charge is 2.37. The van der Waals surface area contributed by atoms with Crippen molar-refractivity contribution in [2.75, 3.05) is 26.3 Å². The zero-order valence-corrected chi connectivity index (χ0v) is 11.2. The van der Waals surface area contributed by atoms with Gasteiger partial charge in [-0.15, -0.1) is 0 Å². The van der Waals surface area contributed by atoms with Gasteiger partial charge >= 0.3 is 0 Å². The molecular formula is C13H20N4O2. The van der Waals surface area contributed by atoms with E-state index in [0.29, 0.717) is 19.8 Å². The predicted octanol–water partition coefficient (Wildman–Crippen LogP) is -0.150. The summed E-state index contributed by atoms with van der Waals surface area (Å²) in [5.74, 6) is 1.11. The molecule has 104 valence electrons. The zero-order valence-electron chi connectivity index (χ0n) is 11.2. The van der Waals surface area contributed by atoms with Crippen molar-refractivity contribution in [3.05, 3.63) is 18.2 Å². The molecule has 0 spiro atoms. The molecule has 0 bridgehead atoms. The Morgan fingerprint density at radius 1 is 1.53 bits per heavy atom. The van der Waals surface area contributed by atoms with Crippen LogP contribution in [0.3, 0.4) is 0 Å². The first-order valence-corrected chi connectivity index (χ1v) is 6.89. The van der Waals surface area contributed by atoms with E-state index in [4.69, 9.17) is 4.74 Å². The number of carbonyl (C=O) groups excluding carboxylic acids is 1. The molecule has 6 heteroatoms. The van der Waals surface area contributed by atoms with Gasteiger partial charge in [0.1, 0.15) is 5.82 Å². The van der Waals surface area contributed by atoms with Gasteiger partial charge in [-0.2, -0.15) is 0 Å². The number of fused-ring (bicyclic) bond motifs is 1. The molecule has 1 amide bonds. The molecule has 1 fully saturated rings. The minimum atomic E-state index is -0.0542. The monoisotopic (exact) mass is 264 g/mol. The number of imidazole rings is 1. The number of hydrogen-bond acceptors (Lipinski definition) is 4. The van der Waals surface area contributed by atoms with Crippen molar-refractivity contribution in [1.29, 1.82) is 0 Å². The summed E-state index contributed by atoms with van der Waals surface area (Å²) < 4.78 is 7.57. The van der Waals surface area contributed by atoms with Crippen LogP contribution in [-0.2, 0) is 22.6 Å². The van der Waals surface area contributed by atoms with Crippen molar-refractivity contribution >= 4 is 5.91 Å². The van der Waals surface area contributed by atoms with E-state index in [1.807, 2.05) is 11.1 Å². The Kier molecular flexibility index (Phi) is 3.52. The molecule has 3 rings (SSSR count). The van der Waals surface area contributed by atoms with Crippen LogP contribution in [0.25, 0.3) is 0 Å². The van der Waals surface area contributed by atoms with Crippen LogP contribution in [-0.4, -0.2) is 52.7 Å². The Hall–Kier alpha value is -1.40. The van der Waals surface area contributed by atoms with E-state index in [1.54, 1.807) is 6.20 Å². The lowest BCUT2D eigenvalue weighted by molar-refractivity contribution is -0.137. The van der Waals surface area contributed by atoms with Crippen molar-refractivity contribution in [2.45, 2.75) is 26.1 Å². The second-order valence-corrected chi connectivity index (χ2v) is 5.10. The van der Waals surface area contributed by atoms with Gasteiger partial charge in [0.25, 0.3) is 0 Å². The summed E-state index contributed by atoms with van der Waals surface area (Å²) in [6, 6.07) is 0.152. The van der Waals surface area contributed by atoms with Crippen molar-refractivity contribution in [3.8, 4) is 0 Å². The first-order chi connectivity index (χ1) is 9.29. The molecule has 1 aromatic rings. The SMILES string of the molecule is CCNC1COCC1C(=O)N1CCn2ccnc2C1. The molecule has 3 heterocycles. The van der Waals surface area contributed by atoms with Crippen molar-refractivity contribution in [3.63, 3.8) is 0 Å². The van der Waals surface area contributed by atoms with Crippen molar-refractivity contribution in [1.82, 2.24) is 19.8 Å². The number of aromatic nitrogens is 2. The quantitative estimate of drug-likeness (QED) is 0.825. The van der Waals surface area contributed by atoms with Crippen LogP contribution in [0.15, 0.2) is 12.4 Å². The largest absolute Gasteiger partial charge is 0.379 e. The number of nitrogens with one attached hydrogen (secondary N) is 1. The minimum absolute atomic E-state index is 0.0542. The molecule has 0 radical (unpaired) electrons. The smallest absolute Gasteiger partial charge is 0.230 e. The lowest BCUT2D eigenvalue weighted by Gasteiger charge is -2.31. The molecule has 1 saturated heterocycles. The van der Waals surface area contributed by atoms with Gasteiger partial charge in [0, 0.05) is 31.5 Å². The van der Waals surface area contributed by atoms with E-state index in [1.165, 1.54) is 0 Å². The molecule has 0 aromatic carbocycles. The van der Waals surface area contributed by atoms with Gasteiger partial charge in [0.2, 0.25) is 5.91 Å². The average Bonchev–Trinajstić information content (AvgIpc) is 3.05. The van der Waals surface area contributed by atoms with E-state index in [9.17, 15) is 4.79 Å². The summed E-state index contributed by atoms with van der Waals surface area (Å²) in [6.45, 7) is 6.28. The maximum absolute atomic E-state index is 12.6. The predicted molar refractivity (Wildman–Crippen MR) is 69.4 cm³/mol. The molecule has 2 aliphatic rings. The lowest BCUT2D eigenvalue weighted by atomic mass is 10.0. The molecule has 1 aromatic heterocycles. The number of nitrogens with zero attached hydrogens (tertiary/aromatic N) is 3. The van der Waals surface area contributed by atoms with E-state index in [0.717, 1.165) is 25.5 Å². The normalized spacial score (nSPS) is 26.5. The second-order valence-electron chi connectivity index (χ2n) is 5.10. The van der Waals surface area contributed by atoms with E-state index in [-0.39, 0.29) is 17.9 Å². The Morgan fingerprint density at radius 2 is 2.42 bits per heavy atom. The van der Waals surface area contributed by atoms with Gasteiger partial charge in [0.15, 0.2) is 0 Å². The summed E-state index contributed by atoms with van der Waals surface area (Å²) in [5, 5.41) is 3.34. The minimum Gasteiger partial charge on any atom is -0.379 e.